The van der Waals surface area contributed by atoms with E-state index in [1.54, 1.807) is 6.07 Å². The third kappa shape index (κ3) is 3.05. The van der Waals surface area contributed by atoms with Gasteiger partial charge in [0, 0.05) is 24.2 Å². The van der Waals surface area contributed by atoms with Crippen LogP contribution >= 0.6 is 0 Å². The molecule has 1 unspecified atom stereocenters. The first kappa shape index (κ1) is 12.5. The van der Waals surface area contributed by atoms with Crippen molar-refractivity contribution in [1.29, 1.82) is 0 Å². The van der Waals surface area contributed by atoms with Crippen LogP contribution in [-0.4, -0.2) is 12.6 Å². The molecule has 94 valence electrons. The summed E-state index contributed by atoms with van der Waals surface area (Å²) in [5, 5.41) is 3.48. The standard InChI is InChI=1S/C14H21FN2/c1-10-6-7-13(15)12(8-10)14(9-16)17-11-4-2-3-5-11/h6-8,11,14,17H,2-5,9,16H2,1H3. The van der Waals surface area contributed by atoms with Crippen LogP contribution in [0.3, 0.4) is 0 Å². The van der Waals surface area contributed by atoms with Crippen molar-refractivity contribution in [3.05, 3.63) is 35.1 Å². The van der Waals surface area contributed by atoms with Crippen LogP contribution in [0.25, 0.3) is 0 Å². The van der Waals surface area contributed by atoms with Crippen molar-refractivity contribution in [2.24, 2.45) is 5.73 Å². The maximum absolute atomic E-state index is 13.8. The molecule has 1 aromatic carbocycles. The van der Waals surface area contributed by atoms with Crippen LogP contribution in [0.2, 0.25) is 0 Å². The Balaban J connectivity index is 2.13. The van der Waals surface area contributed by atoms with E-state index in [1.165, 1.54) is 31.7 Å². The molecule has 0 heterocycles. The fourth-order valence-electron chi connectivity index (χ4n) is 2.59. The summed E-state index contributed by atoms with van der Waals surface area (Å²) < 4.78 is 13.8. The predicted octanol–water partition coefficient (Wildman–Crippen LogP) is 2.67. The van der Waals surface area contributed by atoms with Gasteiger partial charge < -0.3 is 11.1 Å². The lowest BCUT2D eigenvalue weighted by atomic mass is 10.0. The molecule has 1 aliphatic carbocycles. The van der Waals surface area contributed by atoms with E-state index in [9.17, 15) is 4.39 Å². The lowest BCUT2D eigenvalue weighted by Crippen LogP contribution is -2.35. The summed E-state index contributed by atoms with van der Waals surface area (Å²) in [7, 11) is 0. The number of hydrogen-bond acceptors (Lipinski definition) is 2. The van der Waals surface area contributed by atoms with Gasteiger partial charge in [0.2, 0.25) is 0 Å². The lowest BCUT2D eigenvalue weighted by molar-refractivity contribution is 0.431. The molecule has 0 aliphatic heterocycles. The second-order valence-corrected chi connectivity index (χ2v) is 4.96. The summed E-state index contributed by atoms with van der Waals surface area (Å²) in [6.45, 7) is 2.42. The number of halogens is 1. The van der Waals surface area contributed by atoms with Gasteiger partial charge in [-0.25, -0.2) is 4.39 Å². The zero-order valence-electron chi connectivity index (χ0n) is 10.4. The smallest absolute Gasteiger partial charge is 0.128 e. The van der Waals surface area contributed by atoms with E-state index in [1.807, 2.05) is 13.0 Å². The molecule has 0 spiro atoms. The number of benzene rings is 1. The molecule has 0 radical (unpaired) electrons. The van der Waals surface area contributed by atoms with E-state index < -0.39 is 0 Å². The van der Waals surface area contributed by atoms with E-state index >= 15 is 0 Å². The van der Waals surface area contributed by atoms with E-state index in [2.05, 4.69) is 5.32 Å². The molecule has 3 N–H and O–H groups in total. The molecule has 2 rings (SSSR count). The Kier molecular flexibility index (Phi) is 4.13. The summed E-state index contributed by atoms with van der Waals surface area (Å²) in [4.78, 5) is 0. The SMILES string of the molecule is Cc1ccc(F)c(C(CN)NC2CCCC2)c1. The first-order valence-electron chi connectivity index (χ1n) is 6.43. The maximum atomic E-state index is 13.8. The van der Waals surface area contributed by atoms with Gasteiger partial charge in [-0.3, -0.25) is 0 Å². The Morgan fingerprint density at radius 2 is 2.12 bits per heavy atom. The van der Waals surface area contributed by atoms with E-state index in [0.29, 0.717) is 18.2 Å². The molecule has 0 bridgehead atoms. The monoisotopic (exact) mass is 236 g/mol. The Hall–Kier alpha value is -0.930. The van der Waals surface area contributed by atoms with Crippen molar-refractivity contribution in [2.75, 3.05) is 6.54 Å². The average Bonchev–Trinajstić information content (AvgIpc) is 2.82. The summed E-state index contributed by atoms with van der Waals surface area (Å²) in [6, 6.07) is 5.67. The van der Waals surface area contributed by atoms with Gasteiger partial charge in [-0.15, -0.1) is 0 Å². The van der Waals surface area contributed by atoms with Crippen molar-refractivity contribution in [3.63, 3.8) is 0 Å². The fraction of sp³-hybridized carbons (Fsp3) is 0.571. The third-order valence-corrected chi connectivity index (χ3v) is 3.55. The minimum atomic E-state index is -0.156. The molecular weight excluding hydrogens is 215 g/mol. The van der Waals surface area contributed by atoms with Gasteiger partial charge >= 0.3 is 0 Å². The van der Waals surface area contributed by atoms with Crippen molar-refractivity contribution in [1.82, 2.24) is 5.32 Å². The number of nitrogens with one attached hydrogen (secondary N) is 1. The highest BCUT2D eigenvalue weighted by Gasteiger charge is 2.21. The Labute approximate surface area is 102 Å². The first-order chi connectivity index (χ1) is 8.20. The maximum Gasteiger partial charge on any atom is 0.128 e. The first-order valence-corrected chi connectivity index (χ1v) is 6.43. The van der Waals surface area contributed by atoms with Gasteiger partial charge in [-0.1, -0.05) is 30.5 Å². The Bertz CT molecular complexity index is 372. The van der Waals surface area contributed by atoms with Crippen molar-refractivity contribution in [3.8, 4) is 0 Å². The van der Waals surface area contributed by atoms with E-state index in [-0.39, 0.29) is 11.9 Å². The lowest BCUT2D eigenvalue weighted by Gasteiger charge is -2.22. The molecule has 3 heteroatoms. The quantitative estimate of drug-likeness (QED) is 0.843. The predicted molar refractivity (Wildman–Crippen MR) is 68.3 cm³/mol. The van der Waals surface area contributed by atoms with Crippen LogP contribution in [-0.2, 0) is 0 Å². The minimum Gasteiger partial charge on any atom is -0.329 e. The summed E-state index contributed by atoms with van der Waals surface area (Å²) in [5.74, 6) is -0.156. The van der Waals surface area contributed by atoms with E-state index in [4.69, 9.17) is 5.73 Å². The second kappa shape index (κ2) is 5.61. The van der Waals surface area contributed by atoms with Gasteiger partial charge in [-0.2, -0.15) is 0 Å². The van der Waals surface area contributed by atoms with Crippen molar-refractivity contribution in [2.45, 2.75) is 44.7 Å². The molecule has 17 heavy (non-hydrogen) atoms. The van der Waals surface area contributed by atoms with Crippen molar-refractivity contribution >= 4 is 0 Å². The normalized spacial score (nSPS) is 18.5. The van der Waals surface area contributed by atoms with Crippen LogP contribution in [0.5, 0.6) is 0 Å². The van der Waals surface area contributed by atoms with Gasteiger partial charge in [0.15, 0.2) is 0 Å². The molecule has 1 aliphatic rings. The van der Waals surface area contributed by atoms with Crippen LogP contribution < -0.4 is 11.1 Å². The second-order valence-electron chi connectivity index (χ2n) is 4.96. The Morgan fingerprint density at radius 1 is 1.41 bits per heavy atom. The zero-order valence-corrected chi connectivity index (χ0v) is 10.4. The largest absolute Gasteiger partial charge is 0.329 e. The van der Waals surface area contributed by atoms with E-state index in [0.717, 1.165) is 5.56 Å². The molecule has 2 nitrogen and oxygen atoms in total. The van der Waals surface area contributed by atoms with Crippen molar-refractivity contribution < 1.29 is 4.39 Å². The zero-order chi connectivity index (χ0) is 12.3. The number of rotatable bonds is 4. The molecule has 1 aromatic rings. The topological polar surface area (TPSA) is 38.0 Å². The minimum absolute atomic E-state index is 0.0574. The molecule has 1 atom stereocenters. The molecule has 1 saturated carbocycles. The molecular formula is C14H21FN2. The fourth-order valence-corrected chi connectivity index (χ4v) is 2.59. The molecule has 0 saturated heterocycles. The molecule has 1 fully saturated rings. The van der Waals surface area contributed by atoms with Gasteiger partial charge in [-0.05, 0) is 25.8 Å². The average molecular weight is 236 g/mol. The van der Waals surface area contributed by atoms with Crippen LogP contribution in [0.15, 0.2) is 18.2 Å². The molecule has 0 aromatic heterocycles. The van der Waals surface area contributed by atoms with Crippen LogP contribution in [0, 0.1) is 12.7 Å². The van der Waals surface area contributed by atoms with Gasteiger partial charge in [0.05, 0.1) is 0 Å². The highest BCUT2D eigenvalue weighted by molar-refractivity contribution is 5.27. The third-order valence-electron chi connectivity index (χ3n) is 3.55. The Morgan fingerprint density at radius 3 is 2.76 bits per heavy atom. The number of aryl methyl sites for hydroxylation is 1. The van der Waals surface area contributed by atoms with Crippen LogP contribution in [0.4, 0.5) is 4.39 Å². The number of nitrogens with two attached hydrogens (primary N) is 1. The number of hydrogen-bond donors (Lipinski definition) is 2. The summed E-state index contributed by atoms with van der Waals surface area (Å²) in [5.41, 5.74) is 7.56. The van der Waals surface area contributed by atoms with Gasteiger partial charge in [0.1, 0.15) is 5.82 Å². The highest BCUT2D eigenvalue weighted by atomic mass is 19.1. The molecule has 0 amide bonds. The van der Waals surface area contributed by atoms with Crippen LogP contribution in [0.1, 0.15) is 42.9 Å². The highest BCUT2D eigenvalue weighted by Crippen LogP contribution is 2.23. The summed E-state index contributed by atoms with van der Waals surface area (Å²) >= 11 is 0. The van der Waals surface area contributed by atoms with Gasteiger partial charge in [0.25, 0.3) is 0 Å². The summed E-state index contributed by atoms with van der Waals surface area (Å²) in [6.07, 6.45) is 4.91.